The summed E-state index contributed by atoms with van der Waals surface area (Å²) in [6.07, 6.45) is 0.400. The molecule has 0 amide bonds. The van der Waals surface area contributed by atoms with Gasteiger partial charge < -0.3 is 14.6 Å². The number of aliphatic hydroxyl groups is 1. The maximum absolute atomic E-state index is 11.3. The van der Waals surface area contributed by atoms with Crippen LogP contribution in [-0.2, 0) is 38.1 Å². The van der Waals surface area contributed by atoms with Gasteiger partial charge >= 0.3 is 0 Å². The van der Waals surface area contributed by atoms with E-state index in [1.807, 2.05) is 0 Å². The second kappa shape index (κ2) is 7.72. The van der Waals surface area contributed by atoms with Gasteiger partial charge in [0.15, 0.2) is 12.1 Å². The molecule has 1 fully saturated rings. The van der Waals surface area contributed by atoms with Gasteiger partial charge in [-0.1, -0.05) is 5.11 Å². The molecule has 14 heteroatoms. The van der Waals surface area contributed by atoms with Gasteiger partial charge in [-0.3, -0.25) is 8.37 Å². The molecule has 2 atom stereocenters. The van der Waals surface area contributed by atoms with Crippen LogP contribution in [0, 0.1) is 0 Å². The molecule has 0 aromatic rings. The van der Waals surface area contributed by atoms with Crippen LogP contribution in [0.25, 0.3) is 10.4 Å². The van der Waals surface area contributed by atoms with E-state index < -0.39 is 57.2 Å². The molecule has 1 aliphatic rings. The van der Waals surface area contributed by atoms with Crippen molar-refractivity contribution in [1.29, 1.82) is 0 Å². The van der Waals surface area contributed by atoms with E-state index in [9.17, 15) is 21.9 Å². The second-order valence-corrected chi connectivity index (χ2v) is 9.35. The highest BCUT2D eigenvalue weighted by Gasteiger charge is 2.52. The molecular formula is C11H21N3O9S2. The van der Waals surface area contributed by atoms with E-state index in [1.54, 1.807) is 0 Å². The summed E-state index contributed by atoms with van der Waals surface area (Å²) in [5, 5.41) is 13.2. The zero-order valence-electron chi connectivity index (χ0n) is 14.1. The maximum Gasteiger partial charge on any atom is 0.264 e. The van der Waals surface area contributed by atoms with Gasteiger partial charge in [0, 0.05) is 11.3 Å². The molecule has 0 saturated carbocycles. The minimum atomic E-state index is -3.90. The summed E-state index contributed by atoms with van der Waals surface area (Å²) in [7, 11) is -7.81. The minimum absolute atomic E-state index is 0.0751. The molecule has 1 heterocycles. The first kappa shape index (κ1) is 22.1. The molecule has 1 N–H and O–H groups in total. The lowest BCUT2D eigenvalue weighted by atomic mass is 9.97. The van der Waals surface area contributed by atoms with Crippen molar-refractivity contribution in [3.63, 3.8) is 0 Å². The average Bonchev–Trinajstić information content (AvgIpc) is 2.69. The quantitative estimate of drug-likeness (QED) is 0.180. The molecule has 0 spiro atoms. The molecule has 1 aliphatic heterocycles. The molecule has 1 rings (SSSR count). The van der Waals surface area contributed by atoms with Crippen LogP contribution in [0.1, 0.15) is 20.3 Å². The van der Waals surface area contributed by atoms with Crippen LogP contribution >= 0.6 is 0 Å². The predicted molar refractivity (Wildman–Crippen MR) is 84.1 cm³/mol. The Hall–Kier alpha value is -0.990. The van der Waals surface area contributed by atoms with E-state index in [2.05, 4.69) is 10.0 Å². The van der Waals surface area contributed by atoms with Crippen LogP contribution < -0.4 is 0 Å². The Labute approximate surface area is 145 Å². The molecular weight excluding hydrogens is 382 g/mol. The van der Waals surface area contributed by atoms with Crippen molar-refractivity contribution in [2.24, 2.45) is 5.11 Å². The number of nitrogens with zero attached hydrogens (tertiary/aromatic N) is 3. The Morgan fingerprint density at radius 2 is 1.72 bits per heavy atom. The fourth-order valence-electron chi connectivity index (χ4n) is 2.11. The van der Waals surface area contributed by atoms with E-state index in [1.165, 1.54) is 13.8 Å². The lowest BCUT2D eigenvalue weighted by molar-refractivity contribution is -0.284. The number of hydrogen-bond acceptors (Lipinski definition) is 10. The average molecular weight is 403 g/mol. The monoisotopic (exact) mass is 403 g/mol. The summed E-state index contributed by atoms with van der Waals surface area (Å²) in [5.74, 6) is -1.60. The molecule has 0 aliphatic carbocycles. The number of azide groups is 1. The molecule has 0 aromatic heterocycles. The third-order valence-electron chi connectivity index (χ3n) is 3.03. The van der Waals surface area contributed by atoms with Crippen molar-refractivity contribution in [2.75, 3.05) is 25.7 Å². The van der Waals surface area contributed by atoms with Gasteiger partial charge in [0.05, 0.1) is 31.8 Å². The largest absolute Gasteiger partial charge is 0.366 e. The Bertz CT molecular complexity index is 686. The summed E-state index contributed by atoms with van der Waals surface area (Å²) < 4.78 is 65.4. The molecule has 0 unspecified atom stereocenters. The van der Waals surface area contributed by atoms with Crippen molar-refractivity contribution < 1.29 is 39.8 Å². The Morgan fingerprint density at radius 1 is 1.24 bits per heavy atom. The Balaban J connectivity index is 3.15. The fourth-order valence-corrected chi connectivity index (χ4v) is 2.94. The number of hydrogen-bond donors (Lipinski definition) is 1. The van der Waals surface area contributed by atoms with Crippen LogP contribution in [0.5, 0.6) is 0 Å². The van der Waals surface area contributed by atoms with Gasteiger partial charge in [0.2, 0.25) is 0 Å². The van der Waals surface area contributed by atoms with Crippen molar-refractivity contribution in [3.05, 3.63) is 10.4 Å². The Kier molecular flexibility index (Phi) is 6.81. The molecule has 1 saturated heterocycles. The highest BCUT2D eigenvalue weighted by molar-refractivity contribution is 7.86. The third-order valence-corrected chi connectivity index (χ3v) is 4.13. The third kappa shape index (κ3) is 7.83. The van der Waals surface area contributed by atoms with Crippen LogP contribution in [0.4, 0.5) is 0 Å². The van der Waals surface area contributed by atoms with Crippen molar-refractivity contribution in [1.82, 2.24) is 0 Å². The van der Waals surface area contributed by atoms with E-state index in [4.69, 9.17) is 23.4 Å². The standard InChI is InChI=1S/C11H21N3O9S2/c1-10(2,15)22-9-5-8(13-14-12)11(23-9,6-20-24(3,16)17)7-21-25(4,18)19/h8-9,15H,5-7H2,1-4H3/t8-,9-/m0/s1. The second-order valence-electron chi connectivity index (χ2n) is 6.07. The van der Waals surface area contributed by atoms with Gasteiger partial charge in [-0.15, -0.1) is 0 Å². The lowest BCUT2D eigenvalue weighted by Gasteiger charge is -2.31. The molecule has 0 bridgehead atoms. The molecule has 25 heavy (non-hydrogen) atoms. The zero-order valence-corrected chi connectivity index (χ0v) is 15.8. The Morgan fingerprint density at radius 3 is 2.08 bits per heavy atom. The van der Waals surface area contributed by atoms with Gasteiger partial charge in [0.25, 0.3) is 20.2 Å². The first-order valence-corrected chi connectivity index (χ1v) is 10.6. The topological polar surface area (TPSA) is 174 Å². The van der Waals surface area contributed by atoms with Crippen LogP contribution in [0.2, 0.25) is 0 Å². The molecule has 0 aromatic carbocycles. The normalized spacial score (nSPS) is 24.0. The summed E-state index contributed by atoms with van der Waals surface area (Å²) in [4.78, 5) is 2.65. The SMILES string of the molecule is CC(C)(O)O[C@@H]1C[C@H](N=[N+]=[N-])C(COS(C)(=O)=O)(COS(C)(=O)=O)O1. The van der Waals surface area contributed by atoms with Gasteiger partial charge in [-0.05, 0) is 19.4 Å². The van der Waals surface area contributed by atoms with Gasteiger partial charge in [-0.2, -0.15) is 16.8 Å². The van der Waals surface area contributed by atoms with E-state index in [0.717, 1.165) is 12.5 Å². The molecule has 146 valence electrons. The molecule has 0 radical (unpaired) electrons. The van der Waals surface area contributed by atoms with Gasteiger partial charge in [0.1, 0.15) is 5.60 Å². The smallest absolute Gasteiger partial charge is 0.264 e. The first-order valence-electron chi connectivity index (χ1n) is 6.97. The van der Waals surface area contributed by atoms with Crippen molar-refractivity contribution >= 4 is 20.2 Å². The summed E-state index contributed by atoms with van der Waals surface area (Å²) in [6.45, 7) is 1.32. The summed E-state index contributed by atoms with van der Waals surface area (Å²) in [6, 6.07) is -1.06. The summed E-state index contributed by atoms with van der Waals surface area (Å²) in [5.41, 5.74) is 6.99. The molecule has 12 nitrogen and oxygen atoms in total. The zero-order chi connectivity index (χ0) is 19.5. The highest BCUT2D eigenvalue weighted by Crippen LogP contribution is 2.36. The van der Waals surface area contributed by atoms with Crippen LogP contribution in [-0.4, -0.2) is 71.4 Å². The van der Waals surface area contributed by atoms with E-state index in [0.29, 0.717) is 0 Å². The van der Waals surface area contributed by atoms with E-state index in [-0.39, 0.29) is 6.42 Å². The van der Waals surface area contributed by atoms with Gasteiger partial charge in [-0.25, -0.2) is 0 Å². The number of rotatable bonds is 9. The van der Waals surface area contributed by atoms with Crippen molar-refractivity contribution in [3.8, 4) is 0 Å². The number of ether oxygens (including phenoxy) is 2. The minimum Gasteiger partial charge on any atom is -0.366 e. The predicted octanol–water partition coefficient (Wildman–Crippen LogP) is -0.152. The van der Waals surface area contributed by atoms with Crippen molar-refractivity contribution in [2.45, 2.75) is 44.0 Å². The highest BCUT2D eigenvalue weighted by atomic mass is 32.2. The first-order chi connectivity index (χ1) is 11.2. The van der Waals surface area contributed by atoms with E-state index >= 15 is 0 Å². The lowest BCUT2D eigenvalue weighted by Crippen LogP contribution is -2.48. The summed E-state index contributed by atoms with van der Waals surface area (Å²) >= 11 is 0. The van der Waals surface area contributed by atoms with Crippen LogP contribution in [0.3, 0.4) is 0 Å². The fraction of sp³-hybridized carbons (Fsp3) is 1.00. The van der Waals surface area contributed by atoms with Crippen LogP contribution in [0.15, 0.2) is 5.11 Å². The maximum atomic E-state index is 11.3.